The lowest BCUT2D eigenvalue weighted by Gasteiger charge is -2.22. The van der Waals surface area contributed by atoms with Gasteiger partial charge in [-0.25, -0.2) is 0 Å². The van der Waals surface area contributed by atoms with Crippen molar-refractivity contribution in [1.82, 2.24) is 10.3 Å². The molecule has 3 rings (SSSR count). The molecule has 0 aliphatic carbocycles. The second-order valence-corrected chi connectivity index (χ2v) is 10.5. The second kappa shape index (κ2) is 15.9. The Labute approximate surface area is 240 Å². The lowest BCUT2D eigenvalue weighted by atomic mass is 9.90. The summed E-state index contributed by atoms with van der Waals surface area (Å²) < 4.78 is 0. The molecule has 0 bridgehead atoms. The number of hydrogen-bond acceptors (Lipinski definition) is 7. The van der Waals surface area contributed by atoms with Crippen LogP contribution in [-0.2, 0) is 32.0 Å². The van der Waals surface area contributed by atoms with E-state index < -0.39 is 35.5 Å². The number of carboxylic acid groups (broad SMARTS) is 1. The third-order valence-corrected chi connectivity index (χ3v) is 7.35. The van der Waals surface area contributed by atoms with Crippen LogP contribution in [0.2, 0.25) is 0 Å². The van der Waals surface area contributed by atoms with Crippen molar-refractivity contribution >= 4 is 46.8 Å². The van der Waals surface area contributed by atoms with Crippen LogP contribution in [0.5, 0.6) is 0 Å². The number of fused-ring (bicyclic) bond motifs is 1. The van der Waals surface area contributed by atoms with Gasteiger partial charge in [0, 0.05) is 43.3 Å². The number of ketones is 2. The average Bonchev–Trinajstić information content (AvgIpc) is 2.95. The predicted molar refractivity (Wildman–Crippen MR) is 158 cm³/mol. The normalized spacial score (nSPS) is 13.3. The standard InChI is InChI=1S/C31H37N3O5S/c32-12-4-3-7-25(31(38)39)19-29(36)28(20-40)34-30(37)26(15-21-10-13-33-14-11-21)18-27(35)17-22-8-9-23-5-1-2-6-24(23)16-22/h1-2,5-6,8-11,13-14,16,25-26,28,40H,3-4,7,12,15,17-20,32H2,(H,34,37)(H,38,39)/t25?,26?,28-/m0/s1. The Hall–Kier alpha value is -3.56. The lowest BCUT2D eigenvalue weighted by Crippen LogP contribution is -2.46. The van der Waals surface area contributed by atoms with Crippen molar-refractivity contribution in [1.29, 1.82) is 0 Å². The number of carbonyl (C=O) groups excluding carboxylic acids is 3. The summed E-state index contributed by atoms with van der Waals surface area (Å²) in [5, 5.41) is 14.4. The van der Waals surface area contributed by atoms with Crippen LogP contribution in [0.3, 0.4) is 0 Å². The highest BCUT2D eigenvalue weighted by Gasteiger charge is 2.29. The maximum atomic E-state index is 13.4. The van der Waals surface area contributed by atoms with Crippen LogP contribution in [-0.4, -0.2) is 51.9 Å². The molecule has 4 N–H and O–H groups in total. The number of carbonyl (C=O) groups is 4. The maximum absolute atomic E-state index is 13.4. The van der Waals surface area contributed by atoms with Gasteiger partial charge in [-0.1, -0.05) is 48.9 Å². The first-order valence-electron chi connectivity index (χ1n) is 13.6. The average molecular weight is 564 g/mol. The zero-order valence-electron chi connectivity index (χ0n) is 22.5. The Kier molecular flexibility index (Phi) is 12.3. The summed E-state index contributed by atoms with van der Waals surface area (Å²) in [6.45, 7) is 0.452. The van der Waals surface area contributed by atoms with Gasteiger partial charge in [0.05, 0.1) is 12.0 Å². The van der Waals surface area contributed by atoms with Gasteiger partial charge < -0.3 is 16.2 Å². The number of aliphatic carboxylic acids is 1. The molecule has 1 amide bonds. The number of rotatable bonds is 17. The minimum atomic E-state index is -1.05. The van der Waals surface area contributed by atoms with Gasteiger partial charge in [0.2, 0.25) is 5.91 Å². The highest BCUT2D eigenvalue weighted by atomic mass is 32.1. The highest BCUT2D eigenvalue weighted by Crippen LogP contribution is 2.20. The van der Waals surface area contributed by atoms with Crippen LogP contribution in [0.4, 0.5) is 0 Å². The molecule has 2 aromatic carbocycles. The molecule has 8 nitrogen and oxygen atoms in total. The molecule has 0 spiro atoms. The van der Waals surface area contributed by atoms with Crippen LogP contribution < -0.4 is 11.1 Å². The minimum absolute atomic E-state index is 0.00863. The molecule has 1 aromatic heterocycles. The molecule has 40 heavy (non-hydrogen) atoms. The van der Waals surface area contributed by atoms with E-state index in [0.717, 1.165) is 21.9 Å². The third-order valence-electron chi connectivity index (χ3n) is 6.98. The number of carboxylic acids is 1. The fourth-order valence-corrected chi connectivity index (χ4v) is 5.03. The molecule has 0 aliphatic rings. The zero-order valence-corrected chi connectivity index (χ0v) is 23.4. The van der Waals surface area contributed by atoms with Crippen molar-refractivity contribution in [3.8, 4) is 0 Å². The van der Waals surface area contributed by atoms with Crippen molar-refractivity contribution in [2.24, 2.45) is 17.6 Å². The van der Waals surface area contributed by atoms with Gasteiger partial charge in [-0.05, 0) is 59.8 Å². The van der Waals surface area contributed by atoms with E-state index in [2.05, 4.69) is 22.9 Å². The van der Waals surface area contributed by atoms with E-state index in [1.165, 1.54) is 0 Å². The smallest absolute Gasteiger partial charge is 0.306 e. The number of unbranched alkanes of at least 4 members (excludes halogenated alkanes) is 1. The van der Waals surface area contributed by atoms with E-state index in [1.54, 1.807) is 24.5 Å². The largest absolute Gasteiger partial charge is 0.481 e. The molecule has 0 aliphatic heterocycles. The third kappa shape index (κ3) is 9.57. The first kappa shape index (κ1) is 31.0. The molecule has 2 unspecified atom stereocenters. The van der Waals surface area contributed by atoms with Crippen molar-refractivity contribution in [3.63, 3.8) is 0 Å². The van der Waals surface area contributed by atoms with E-state index in [0.29, 0.717) is 32.2 Å². The number of Topliss-reactive ketones (excluding diaryl/α,β-unsaturated/α-hetero) is 2. The zero-order chi connectivity index (χ0) is 28.9. The van der Waals surface area contributed by atoms with E-state index in [4.69, 9.17) is 5.73 Å². The van der Waals surface area contributed by atoms with Crippen molar-refractivity contribution < 1.29 is 24.3 Å². The summed E-state index contributed by atoms with van der Waals surface area (Å²) in [6, 6.07) is 16.4. The molecule has 212 valence electrons. The quantitative estimate of drug-likeness (QED) is 0.145. The number of hydrogen-bond donors (Lipinski definition) is 4. The van der Waals surface area contributed by atoms with Crippen LogP contribution in [0.1, 0.15) is 43.2 Å². The van der Waals surface area contributed by atoms with Crippen molar-refractivity contribution in [2.75, 3.05) is 12.3 Å². The topological polar surface area (TPSA) is 139 Å². The maximum Gasteiger partial charge on any atom is 0.306 e. The highest BCUT2D eigenvalue weighted by molar-refractivity contribution is 7.80. The molecule has 9 heteroatoms. The second-order valence-electron chi connectivity index (χ2n) is 10.1. The number of benzene rings is 2. The van der Waals surface area contributed by atoms with E-state index in [-0.39, 0.29) is 30.8 Å². The number of nitrogens with zero attached hydrogens (tertiary/aromatic N) is 1. The Morgan fingerprint density at radius 3 is 2.30 bits per heavy atom. The SMILES string of the molecule is NCCCCC(CC(=O)[C@H](CS)NC(=O)C(CC(=O)Cc1ccc2ccccc2c1)Cc1ccncc1)C(=O)O. The van der Waals surface area contributed by atoms with Gasteiger partial charge in [-0.15, -0.1) is 0 Å². The van der Waals surface area contributed by atoms with Gasteiger partial charge >= 0.3 is 5.97 Å². The van der Waals surface area contributed by atoms with Crippen LogP contribution in [0, 0.1) is 11.8 Å². The fourth-order valence-electron chi connectivity index (χ4n) is 4.73. The number of nitrogens with two attached hydrogens (primary N) is 1. The van der Waals surface area contributed by atoms with Gasteiger partial charge in [0.25, 0.3) is 0 Å². The monoisotopic (exact) mass is 563 g/mol. The summed E-state index contributed by atoms with van der Waals surface area (Å²) >= 11 is 4.25. The van der Waals surface area contributed by atoms with Crippen molar-refractivity contribution in [3.05, 3.63) is 78.1 Å². The molecule has 3 atom stereocenters. The lowest BCUT2D eigenvalue weighted by molar-refractivity contribution is -0.144. The summed E-state index contributed by atoms with van der Waals surface area (Å²) in [4.78, 5) is 55.2. The Balaban J connectivity index is 1.69. The number of pyridine rings is 1. The predicted octanol–water partition coefficient (Wildman–Crippen LogP) is 3.80. The van der Waals surface area contributed by atoms with E-state index >= 15 is 0 Å². The molecular weight excluding hydrogens is 526 g/mol. The minimum Gasteiger partial charge on any atom is -0.481 e. The van der Waals surface area contributed by atoms with E-state index in [9.17, 15) is 24.3 Å². The van der Waals surface area contributed by atoms with Gasteiger partial charge in [-0.3, -0.25) is 24.2 Å². The summed E-state index contributed by atoms with van der Waals surface area (Å²) in [5.74, 6) is -3.53. The summed E-state index contributed by atoms with van der Waals surface area (Å²) in [7, 11) is 0. The number of aromatic nitrogens is 1. The van der Waals surface area contributed by atoms with Gasteiger partial charge in [-0.2, -0.15) is 12.6 Å². The Bertz CT molecular complexity index is 1300. The molecule has 0 fully saturated rings. The van der Waals surface area contributed by atoms with Gasteiger partial charge in [0.1, 0.15) is 5.78 Å². The van der Waals surface area contributed by atoms with Crippen molar-refractivity contribution in [2.45, 2.75) is 51.0 Å². The molecule has 1 heterocycles. The summed E-state index contributed by atoms with van der Waals surface area (Å²) in [5.41, 5.74) is 7.21. The first-order valence-corrected chi connectivity index (χ1v) is 14.2. The first-order chi connectivity index (χ1) is 19.3. The number of amides is 1. The van der Waals surface area contributed by atoms with Crippen LogP contribution >= 0.6 is 12.6 Å². The van der Waals surface area contributed by atoms with Gasteiger partial charge in [0.15, 0.2) is 5.78 Å². The molecule has 0 saturated carbocycles. The number of nitrogens with one attached hydrogen (secondary N) is 1. The fraction of sp³-hybridized carbons (Fsp3) is 0.387. The molecular formula is C31H37N3O5S. The Morgan fingerprint density at radius 1 is 0.900 bits per heavy atom. The molecule has 3 aromatic rings. The van der Waals surface area contributed by atoms with Crippen LogP contribution in [0.25, 0.3) is 10.8 Å². The molecule has 0 saturated heterocycles. The summed E-state index contributed by atoms with van der Waals surface area (Å²) in [6.07, 6.45) is 5.12. The number of thiol groups is 1. The van der Waals surface area contributed by atoms with Crippen LogP contribution in [0.15, 0.2) is 67.0 Å². The Morgan fingerprint density at radius 2 is 1.62 bits per heavy atom. The molecule has 0 radical (unpaired) electrons. The van der Waals surface area contributed by atoms with E-state index in [1.807, 2.05) is 42.5 Å².